The molecule has 3 rings (SSSR count). The zero-order chi connectivity index (χ0) is 14.1. The van der Waals surface area contributed by atoms with Gasteiger partial charge in [-0.15, -0.1) is 0 Å². The van der Waals surface area contributed by atoms with E-state index in [0.29, 0.717) is 23.5 Å². The lowest BCUT2D eigenvalue weighted by atomic mass is 9.74. The molecule has 2 nitrogen and oxygen atoms in total. The molecule has 3 aliphatic rings. The van der Waals surface area contributed by atoms with E-state index in [1.165, 1.54) is 51.5 Å². The van der Waals surface area contributed by atoms with E-state index in [2.05, 4.69) is 18.7 Å². The van der Waals surface area contributed by atoms with Crippen molar-refractivity contribution < 1.29 is 4.79 Å². The van der Waals surface area contributed by atoms with Crippen LogP contribution in [0.4, 0.5) is 0 Å². The van der Waals surface area contributed by atoms with Gasteiger partial charge in [0.15, 0.2) is 0 Å². The summed E-state index contributed by atoms with van der Waals surface area (Å²) in [6.45, 7) is 6.85. The van der Waals surface area contributed by atoms with E-state index in [1.807, 2.05) is 0 Å². The summed E-state index contributed by atoms with van der Waals surface area (Å²) < 4.78 is 0. The average molecular weight is 277 g/mol. The molecule has 3 fully saturated rings. The second-order valence-corrected chi connectivity index (χ2v) is 7.84. The van der Waals surface area contributed by atoms with Gasteiger partial charge in [-0.1, -0.05) is 26.7 Å². The van der Waals surface area contributed by atoms with Crippen LogP contribution < -0.4 is 0 Å². The van der Waals surface area contributed by atoms with Gasteiger partial charge in [-0.2, -0.15) is 0 Å². The minimum absolute atomic E-state index is 0.327. The molecule has 2 heteroatoms. The van der Waals surface area contributed by atoms with Gasteiger partial charge < -0.3 is 0 Å². The van der Waals surface area contributed by atoms with Crippen molar-refractivity contribution in [3.8, 4) is 0 Å². The smallest absolute Gasteiger partial charge is 0.137 e. The minimum atomic E-state index is 0.327. The Morgan fingerprint density at radius 3 is 2.55 bits per heavy atom. The van der Waals surface area contributed by atoms with E-state index in [-0.39, 0.29) is 0 Å². The Balaban J connectivity index is 1.62. The molecular weight excluding hydrogens is 246 g/mol. The summed E-state index contributed by atoms with van der Waals surface area (Å²) in [5, 5.41) is 0. The molecule has 0 N–H and O–H groups in total. The van der Waals surface area contributed by atoms with E-state index < -0.39 is 0 Å². The van der Waals surface area contributed by atoms with Gasteiger partial charge in [0.05, 0.1) is 0 Å². The number of ketones is 1. The number of carbonyl (C=O) groups is 1. The van der Waals surface area contributed by atoms with Gasteiger partial charge in [-0.3, -0.25) is 9.69 Å². The lowest BCUT2D eigenvalue weighted by Gasteiger charge is -2.37. The number of hydrogen-bond acceptors (Lipinski definition) is 2. The maximum atomic E-state index is 12.4. The summed E-state index contributed by atoms with van der Waals surface area (Å²) in [6, 6.07) is 0.803. The maximum Gasteiger partial charge on any atom is 0.137 e. The first-order chi connectivity index (χ1) is 9.65. The first-order valence-electron chi connectivity index (χ1n) is 8.92. The monoisotopic (exact) mass is 277 g/mol. The fraction of sp³-hybridized carbons (Fsp3) is 0.944. The molecule has 0 radical (unpaired) electrons. The van der Waals surface area contributed by atoms with E-state index in [9.17, 15) is 4.79 Å². The van der Waals surface area contributed by atoms with E-state index in [0.717, 1.165) is 24.9 Å². The fourth-order valence-electron chi connectivity index (χ4n) is 5.18. The molecule has 4 atom stereocenters. The fourth-order valence-corrected chi connectivity index (χ4v) is 5.18. The van der Waals surface area contributed by atoms with Crippen LogP contribution in [0, 0.1) is 23.7 Å². The van der Waals surface area contributed by atoms with Crippen molar-refractivity contribution in [3.05, 3.63) is 0 Å². The summed E-state index contributed by atoms with van der Waals surface area (Å²) in [4.78, 5) is 15.1. The van der Waals surface area contributed by atoms with Crippen LogP contribution in [-0.2, 0) is 4.79 Å². The van der Waals surface area contributed by atoms with Crippen molar-refractivity contribution in [1.29, 1.82) is 0 Å². The minimum Gasteiger partial charge on any atom is -0.299 e. The molecule has 1 heterocycles. The lowest BCUT2D eigenvalue weighted by Crippen LogP contribution is -2.43. The van der Waals surface area contributed by atoms with E-state index >= 15 is 0 Å². The molecule has 2 aliphatic carbocycles. The van der Waals surface area contributed by atoms with Crippen molar-refractivity contribution in [2.45, 2.75) is 71.3 Å². The third-order valence-corrected chi connectivity index (χ3v) is 6.21. The number of hydrogen-bond donors (Lipinski definition) is 0. The second kappa shape index (κ2) is 6.17. The normalized spacial score (nSPS) is 40.6. The largest absolute Gasteiger partial charge is 0.299 e. The Labute approximate surface area is 124 Å². The van der Waals surface area contributed by atoms with Crippen LogP contribution >= 0.6 is 0 Å². The third-order valence-electron chi connectivity index (χ3n) is 6.21. The summed E-state index contributed by atoms with van der Waals surface area (Å²) in [5.74, 6) is 3.01. The van der Waals surface area contributed by atoms with Crippen LogP contribution in [0.3, 0.4) is 0 Å². The highest BCUT2D eigenvalue weighted by Gasteiger charge is 2.38. The predicted molar refractivity (Wildman–Crippen MR) is 82.6 cm³/mol. The van der Waals surface area contributed by atoms with E-state index in [4.69, 9.17) is 0 Å². The zero-order valence-corrected chi connectivity index (χ0v) is 13.3. The highest BCUT2D eigenvalue weighted by atomic mass is 16.1. The molecule has 4 unspecified atom stereocenters. The van der Waals surface area contributed by atoms with Crippen molar-refractivity contribution in [2.24, 2.45) is 23.7 Å². The number of Topliss-reactive ketones (excluding diaryl/α,β-unsaturated/α-hetero) is 1. The lowest BCUT2D eigenvalue weighted by molar-refractivity contribution is -0.128. The van der Waals surface area contributed by atoms with Gasteiger partial charge in [0, 0.05) is 24.9 Å². The van der Waals surface area contributed by atoms with Crippen LogP contribution in [-0.4, -0.2) is 29.8 Å². The van der Waals surface area contributed by atoms with Gasteiger partial charge in [0.2, 0.25) is 0 Å². The number of rotatable bonds is 3. The first kappa shape index (κ1) is 14.6. The van der Waals surface area contributed by atoms with Crippen LogP contribution in [0.2, 0.25) is 0 Å². The van der Waals surface area contributed by atoms with Crippen molar-refractivity contribution >= 4 is 5.78 Å². The molecule has 1 aliphatic heterocycles. The first-order valence-corrected chi connectivity index (χ1v) is 8.92. The molecule has 2 saturated carbocycles. The second-order valence-electron chi connectivity index (χ2n) is 7.84. The van der Waals surface area contributed by atoms with Crippen LogP contribution in [0.25, 0.3) is 0 Å². The molecule has 0 aromatic rings. The van der Waals surface area contributed by atoms with Crippen molar-refractivity contribution in [2.75, 3.05) is 13.1 Å². The molecule has 0 aromatic heterocycles. The van der Waals surface area contributed by atoms with Crippen LogP contribution in [0.5, 0.6) is 0 Å². The molecule has 0 amide bonds. The van der Waals surface area contributed by atoms with Gasteiger partial charge in [0.25, 0.3) is 0 Å². The molecule has 114 valence electrons. The summed E-state index contributed by atoms with van der Waals surface area (Å²) in [5.41, 5.74) is 0. The summed E-state index contributed by atoms with van der Waals surface area (Å²) in [7, 11) is 0. The summed E-state index contributed by atoms with van der Waals surface area (Å²) >= 11 is 0. The number of nitrogens with zero attached hydrogens (tertiary/aromatic N) is 1. The highest BCUT2D eigenvalue weighted by Crippen LogP contribution is 2.38. The van der Waals surface area contributed by atoms with Gasteiger partial charge in [-0.05, 0) is 56.4 Å². The standard InChI is InChI=1S/C18H31NO/c1-13-10-14(2)16(18(20)11-13)12-19-9-5-8-17(19)15-6-3-4-7-15/h13-17H,3-12H2,1-2H3. The Morgan fingerprint density at radius 2 is 1.85 bits per heavy atom. The van der Waals surface area contributed by atoms with Crippen molar-refractivity contribution in [1.82, 2.24) is 4.90 Å². The average Bonchev–Trinajstić information content (AvgIpc) is 3.04. The van der Waals surface area contributed by atoms with Crippen molar-refractivity contribution in [3.63, 3.8) is 0 Å². The molecule has 0 aromatic carbocycles. The predicted octanol–water partition coefficient (Wildman–Crippen LogP) is 3.89. The molecule has 20 heavy (non-hydrogen) atoms. The van der Waals surface area contributed by atoms with Gasteiger partial charge >= 0.3 is 0 Å². The zero-order valence-electron chi connectivity index (χ0n) is 13.3. The van der Waals surface area contributed by atoms with Gasteiger partial charge in [0.1, 0.15) is 5.78 Å². The highest BCUT2D eigenvalue weighted by molar-refractivity contribution is 5.82. The Hall–Kier alpha value is -0.370. The number of carbonyl (C=O) groups excluding carboxylic acids is 1. The Kier molecular flexibility index (Phi) is 4.49. The summed E-state index contributed by atoms with van der Waals surface area (Å²) in [6.07, 6.45) is 10.6. The molecule has 1 saturated heterocycles. The topological polar surface area (TPSA) is 20.3 Å². The van der Waals surface area contributed by atoms with Crippen LogP contribution in [0.15, 0.2) is 0 Å². The SMILES string of the molecule is CC1CC(=O)C(CN2CCCC2C2CCCC2)C(C)C1. The van der Waals surface area contributed by atoms with Crippen LogP contribution in [0.1, 0.15) is 65.2 Å². The Bertz CT molecular complexity index is 347. The Morgan fingerprint density at radius 1 is 1.10 bits per heavy atom. The quantitative estimate of drug-likeness (QED) is 0.780. The third kappa shape index (κ3) is 2.95. The molecule has 0 bridgehead atoms. The molecule has 0 spiro atoms. The molecular formula is C18H31NO. The number of likely N-dealkylation sites (tertiary alicyclic amines) is 1. The van der Waals surface area contributed by atoms with E-state index in [1.54, 1.807) is 0 Å². The van der Waals surface area contributed by atoms with Gasteiger partial charge in [-0.25, -0.2) is 0 Å². The maximum absolute atomic E-state index is 12.4.